The van der Waals surface area contributed by atoms with Crippen LogP contribution in [-0.4, -0.2) is 43.2 Å². The Kier molecular flexibility index (Phi) is 5.25. The Morgan fingerprint density at radius 2 is 2.18 bits per heavy atom. The highest BCUT2D eigenvalue weighted by Gasteiger charge is 2.13. The van der Waals surface area contributed by atoms with Gasteiger partial charge in [0.2, 0.25) is 0 Å². The largest absolute Gasteiger partial charge is 0.478 e. The molecule has 0 saturated heterocycles. The molecule has 1 aromatic rings. The standard InChI is InChI=1S/C12H17ClN2O2/c1-15(2)8-4-7-14-10-6-3-5-9(13)11(10)12(16)17/h3,5-6,14H,4,7-8H2,1-2H3,(H,16,17). The van der Waals surface area contributed by atoms with Crippen LogP contribution in [0.15, 0.2) is 18.2 Å². The molecule has 17 heavy (non-hydrogen) atoms. The minimum atomic E-state index is -1.01. The first-order valence-electron chi connectivity index (χ1n) is 5.42. The van der Waals surface area contributed by atoms with Gasteiger partial charge in [-0.05, 0) is 39.2 Å². The van der Waals surface area contributed by atoms with Crippen molar-refractivity contribution in [2.24, 2.45) is 0 Å². The van der Waals surface area contributed by atoms with E-state index in [0.29, 0.717) is 5.69 Å². The monoisotopic (exact) mass is 256 g/mol. The number of nitrogens with zero attached hydrogens (tertiary/aromatic N) is 1. The minimum absolute atomic E-state index is 0.138. The Hall–Kier alpha value is -1.26. The Bertz CT molecular complexity index is 394. The Morgan fingerprint density at radius 1 is 1.47 bits per heavy atom. The van der Waals surface area contributed by atoms with Crippen LogP contribution in [0.5, 0.6) is 0 Å². The lowest BCUT2D eigenvalue weighted by atomic mass is 10.1. The second kappa shape index (κ2) is 6.47. The van der Waals surface area contributed by atoms with Crippen molar-refractivity contribution in [3.8, 4) is 0 Å². The van der Waals surface area contributed by atoms with Crippen LogP contribution in [0.4, 0.5) is 5.69 Å². The molecule has 5 heteroatoms. The van der Waals surface area contributed by atoms with Crippen LogP contribution in [0.25, 0.3) is 0 Å². The van der Waals surface area contributed by atoms with Gasteiger partial charge in [0.05, 0.1) is 10.7 Å². The molecular formula is C12H17ClN2O2. The van der Waals surface area contributed by atoms with Gasteiger partial charge in [0.25, 0.3) is 0 Å². The second-order valence-electron chi connectivity index (χ2n) is 4.05. The topological polar surface area (TPSA) is 52.6 Å². The highest BCUT2D eigenvalue weighted by molar-refractivity contribution is 6.34. The van der Waals surface area contributed by atoms with E-state index in [1.54, 1.807) is 18.2 Å². The summed E-state index contributed by atoms with van der Waals surface area (Å²) in [6, 6.07) is 5.05. The van der Waals surface area contributed by atoms with Crippen molar-refractivity contribution < 1.29 is 9.90 Å². The molecule has 0 saturated carbocycles. The lowest BCUT2D eigenvalue weighted by Crippen LogP contribution is -2.17. The number of nitrogens with one attached hydrogen (secondary N) is 1. The van der Waals surface area contributed by atoms with Gasteiger partial charge in [-0.25, -0.2) is 4.79 Å². The minimum Gasteiger partial charge on any atom is -0.478 e. The zero-order valence-corrected chi connectivity index (χ0v) is 10.8. The average molecular weight is 257 g/mol. The predicted molar refractivity (Wildman–Crippen MR) is 70.1 cm³/mol. The van der Waals surface area contributed by atoms with E-state index in [4.69, 9.17) is 16.7 Å². The first-order chi connectivity index (χ1) is 8.02. The molecule has 0 aromatic heterocycles. The van der Waals surface area contributed by atoms with Gasteiger partial charge in [0.15, 0.2) is 0 Å². The van der Waals surface area contributed by atoms with Crippen molar-refractivity contribution in [1.29, 1.82) is 0 Å². The fourth-order valence-electron chi connectivity index (χ4n) is 1.51. The van der Waals surface area contributed by atoms with E-state index < -0.39 is 5.97 Å². The molecule has 0 spiro atoms. The molecule has 1 rings (SSSR count). The quantitative estimate of drug-likeness (QED) is 0.768. The van der Waals surface area contributed by atoms with Crippen molar-refractivity contribution in [2.45, 2.75) is 6.42 Å². The molecule has 94 valence electrons. The van der Waals surface area contributed by atoms with Gasteiger partial charge in [0.1, 0.15) is 5.56 Å². The van der Waals surface area contributed by atoms with Crippen LogP contribution in [0, 0.1) is 0 Å². The first-order valence-corrected chi connectivity index (χ1v) is 5.80. The lowest BCUT2D eigenvalue weighted by Gasteiger charge is -2.12. The van der Waals surface area contributed by atoms with Gasteiger partial charge < -0.3 is 15.3 Å². The number of halogens is 1. The third-order valence-electron chi connectivity index (χ3n) is 2.33. The molecule has 0 unspecified atom stereocenters. The molecule has 2 N–H and O–H groups in total. The highest BCUT2D eigenvalue weighted by atomic mass is 35.5. The number of hydrogen-bond donors (Lipinski definition) is 2. The molecule has 0 aliphatic heterocycles. The number of anilines is 1. The van der Waals surface area contributed by atoms with E-state index in [-0.39, 0.29) is 10.6 Å². The van der Waals surface area contributed by atoms with E-state index in [1.165, 1.54) is 0 Å². The molecule has 0 amide bonds. The SMILES string of the molecule is CN(C)CCCNc1cccc(Cl)c1C(=O)O. The van der Waals surface area contributed by atoms with Crippen LogP contribution in [-0.2, 0) is 0 Å². The third kappa shape index (κ3) is 4.24. The summed E-state index contributed by atoms with van der Waals surface area (Å²) in [5.41, 5.74) is 0.711. The molecule has 0 aliphatic rings. The Labute approximate surface area is 106 Å². The molecule has 0 heterocycles. The molecule has 4 nitrogen and oxygen atoms in total. The van der Waals surface area contributed by atoms with Crippen LogP contribution >= 0.6 is 11.6 Å². The average Bonchev–Trinajstić information content (AvgIpc) is 2.23. The fraction of sp³-hybridized carbons (Fsp3) is 0.417. The van der Waals surface area contributed by atoms with Crippen molar-refractivity contribution in [3.05, 3.63) is 28.8 Å². The van der Waals surface area contributed by atoms with Gasteiger partial charge in [-0.2, -0.15) is 0 Å². The number of carboxylic acids is 1. The summed E-state index contributed by atoms with van der Waals surface area (Å²) in [5.74, 6) is -1.01. The number of hydrogen-bond acceptors (Lipinski definition) is 3. The summed E-state index contributed by atoms with van der Waals surface area (Å²) in [4.78, 5) is 13.1. The maximum atomic E-state index is 11.1. The number of carboxylic acid groups (broad SMARTS) is 1. The van der Waals surface area contributed by atoms with Crippen LogP contribution in [0.3, 0.4) is 0 Å². The maximum absolute atomic E-state index is 11.1. The van der Waals surface area contributed by atoms with Crippen molar-refractivity contribution in [1.82, 2.24) is 4.90 Å². The zero-order valence-electron chi connectivity index (χ0n) is 10.0. The van der Waals surface area contributed by atoms with Gasteiger partial charge in [0, 0.05) is 6.54 Å². The molecular weight excluding hydrogens is 240 g/mol. The van der Waals surface area contributed by atoms with Gasteiger partial charge in [-0.3, -0.25) is 0 Å². The molecule has 0 atom stereocenters. The second-order valence-corrected chi connectivity index (χ2v) is 4.46. The summed E-state index contributed by atoms with van der Waals surface area (Å²) < 4.78 is 0. The normalized spacial score (nSPS) is 10.6. The molecule has 0 aliphatic carbocycles. The first kappa shape index (κ1) is 13.8. The van der Waals surface area contributed by atoms with E-state index >= 15 is 0 Å². The van der Waals surface area contributed by atoms with Crippen LogP contribution < -0.4 is 5.32 Å². The number of carbonyl (C=O) groups is 1. The summed E-state index contributed by atoms with van der Waals surface area (Å²) in [6.45, 7) is 1.68. The van der Waals surface area contributed by atoms with Crippen molar-refractivity contribution in [2.75, 3.05) is 32.5 Å². The molecule has 1 aromatic carbocycles. The van der Waals surface area contributed by atoms with E-state index in [0.717, 1.165) is 19.5 Å². The van der Waals surface area contributed by atoms with Crippen molar-refractivity contribution >= 4 is 23.3 Å². The molecule has 0 bridgehead atoms. The van der Waals surface area contributed by atoms with Crippen LogP contribution in [0.2, 0.25) is 5.02 Å². The number of rotatable bonds is 6. The maximum Gasteiger partial charge on any atom is 0.339 e. The molecule has 0 fully saturated rings. The van der Waals surface area contributed by atoms with Crippen LogP contribution in [0.1, 0.15) is 16.8 Å². The zero-order chi connectivity index (χ0) is 12.8. The van der Waals surface area contributed by atoms with E-state index in [9.17, 15) is 4.79 Å². The number of benzene rings is 1. The molecule has 0 radical (unpaired) electrons. The Balaban J connectivity index is 2.64. The Morgan fingerprint density at radius 3 is 2.76 bits per heavy atom. The van der Waals surface area contributed by atoms with E-state index in [2.05, 4.69) is 10.2 Å². The van der Waals surface area contributed by atoms with Gasteiger partial charge in [-0.15, -0.1) is 0 Å². The summed E-state index contributed by atoms with van der Waals surface area (Å²) in [6.07, 6.45) is 0.943. The van der Waals surface area contributed by atoms with Gasteiger partial charge in [-0.1, -0.05) is 17.7 Å². The summed E-state index contributed by atoms with van der Waals surface area (Å²) in [5, 5.41) is 12.4. The number of aromatic carboxylic acids is 1. The third-order valence-corrected chi connectivity index (χ3v) is 2.64. The highest BCUT2D eigenvalue weighted by Crippen LogP contribution is 2.24. The lowest BCUT2D eigenvalue weighted by molar-refractivity contribution is 0.0698. The summed E-state index contributed by atoms with van der Waals surface area (Å²) >= 11 is 5.86. The summed E-state index contributed by atoms with van der Waals surface area (Å²) in [7, 11) is 4.00. The predicted octanol–water partition coefficient (Wildman–Crippen LogP) is 2.40. The van der Waals surface area contributed by atoms with Gasteiger partial charge >= 0.3 is 5.97 Å². The van der Waals surface area contributed by atoms with Crippen molar-refractivity contribution in [3.63, 3.8) is 0 Å². The fourth-order valence-corrected chi connectivity index (χ4v) is 1.76. The van der Waals surface area contributed by atoms with E-state index in [1.807, 2.05) is 14.1 Å². The smallest absolute Gasteiger partial charge is 0.339 e.